The minimum absolute atomic E-state index is 0.0254. The second-order valence-corrected chi connectivity index (χ2v) is 4.24. The van der Waals surface area contributed by atoms with Gasteiger partial charge in [0.05, 0.1) is 6.10 Å². The number of carbonyl (C=O) groups is 1. The van der Waals surface area contributed by atoms with Crippen molar-refractivity contribution in [2.75, 3.05) is 0 Å². The summed E-state index contributed by atoms with van der Waals surface area (Å²) in [5, 5.41) is 9.64. The van der Waals surface area contributed by atoms with Gasteiger partial charge in [0, 0.05) is 5.56 Å². The number of rotatable bonds is 3. The molecule has 0 aliphatic heterocycles. The van der Waals surface area contributed by atoms with Gasteiger partial charge in [-0.1, -0.05) is 12.1 Å². The number of aliphatic hydroxyl groups excluding tert-OH is 1. The van der Waals surface area contributed by atoms with E-state index in [1.54, 1.807) is 18.2 Å². The van der Waals surface area contributed by atoms with Gasteiger partial charge in [0.15, 0.2) is 5.78 Å². The first-order chi connectivity index (χ1) is 7.66. The molecule has 0 saturated heterocycles. The van der Waals surface area contributed by atoms with Gasteiger partial charge < -0.3 is 9.84 Å². The highest BCUT2D eigenvalue weighted by molar-refractivity contribution is 5.94. The van der Waals surface area contributed by atoms with Crippen LogP contribution in [0.2, 0.25) is 0 Å². The van der Waals surface area contributed by atoms with Gasteiger partial charge in [0.1, 0.15) is 11.9 Å². The molecule has 2 atom stereocenters. The molecule has 0 amide bonds. The van der Waals surface area contributed by atoms with Crippen molar-refractivity contribution in [3.8, 4) is 5.75 Å². The van der Waals surface area contributed by atoms with Crippen LogP contribution in [0.3, 0.4) is 0 Å². The average Bonchev–Trinajstić information content (AvgIpc) is 2.65. The minimum Gasteiger partial charge on any atom is -0.488 e. The zero-order valence-electron chi connectivity index (χ0n) is 9.35. The van der Waals surface area contributed by atoms with Crippen LogP contribution in [-0.4, -0.2) is 23.1 Å². The summed E-state index contributed by atoms with van der Waals surface area (Å²) < 4.78 is 5.68. The Morgan fingerprint density at radius 3 is 2.88 bits per heavy atom. The second-order valence-electron chi connectivity index (χ2n) is 4.24. The van der Waals surface area contributed by atoms with E-state index in [1.807, 2.05) is 6.07 Å². The van der Waals surface area contributed by atoms with Gasteiger partial charge in [0.25, 0.3) is 0 Å². The number of hydrogen-bond donors (Lipinski definition) is 1. The molecule has 0 heterocycles. The molecule has 1 aliphatic carbocycles. The molecule has 16 heavy (non-hydrogen) atoms. The van der Waals surface area contributed by atoms with E-state index in [2.05, 4.69) is 0 Å². The summed E-state index contributed by atoms with van der Waals surface area (Å²) in [4.78, 5) is 11.2. The Kier molecular flexibility index (Phi) is 3.25. The van der Waals surface area contributed by atoms with Crippen molar-refractivity contribution in [2.24, 2.45) is 0 Å². The Balaban J connectivity index is 2.09. The van der Waals surface area contributed by atoms with E-state index < -0.39 is 0 Å². The molecule has 3 nitrogen and oxygen atoms in total. The highest BCUT2D eigenvalue weighted by Gasteiger charge is 2.26. The molecule has 1 aromatic rings. The maximum absolute atomic E-state index is 11.2. The Morgan fingerprint density at radius 1 is 1.44 bits per heavy atom. The Morgan fingerprint density at radius 2 is 2.25 bits per heavy atom. The third-order valence-electron chi connectivity index (χ3n) is 2.95. The molecule has 1 aliphatic rings. The van der Waals surface area contributed by atoms with E-state index >= 15 is 0 Å². The van der Waals surface area contributed by atoms with Crippen LogP contribution in [0.1, 0.15) is 36.5 Å². The molecule has 2 rings (SSSR count). The molecule has 3 heteroatoms. The number of ether oxygens (including phenoxy) is 1. The smallest absolute Gasteiger partial charge is 0.159 e. The van der Waals surface area contributed by atoms with E-state index in [1.165, 1.54) is 6.92 Å². The predicted molar refractivity (Wildman–Crippen MR) is 60.7 cm³/mol. The van der Waals surface area contributed by atoms with Gasteiger partial charge in [-0.05, 0) is 38.3 Å². The first kappa shape index (κ1) is 11.1. The van der Waals surface area contributed by atoms with E-state index in [0.717, 1.165) is 19.3 Å². The van der Waals surface area contributed by atoms with Crippen LogP contribution >= 0.6 is 0 Å². The molecule has 0 aromatic heterocycles. The molecule has 1 aromatic carbocycles. The fourth-order valence-corrected chi connectivity index (χ4v) is 2.01. The van der Waals surface area contributed by atoms with Crippen LogP contribution in [0.5, 0.6) is 5.75 Å². The van der Waals surface area contributed by atoms with E-state index in [-0.39, 0.29) is 18.0 Å². The SMILES string of the molecule is CC(=O)c1cccc(O[C@H]2CCC[C@@H]2O)c1. The van der Waals surface area contributed by atoms with Crippen LogP contribution < -0.4 is 4.74 Å². The number of aliphatic hydroxyl groups is 1. The molecular weight excluding hydrogens is 204 g/mol. The van der Waals surface area contributed by atoms with Crippen LogP contribution in [0.25, 0.3) is 0 Å². The first-order valence-corrected chi connectivity index (χ1v) is 5.62. The fraction of sp³-hybridized carbons (Fsp3) is 0.462. The number of ketones is 1. The Hall–Kier alpha value is -1.35. The zero-order valence-corrected chi connectivity index (χ0v) is 9.35. The summed E-state index contributed by atoms with van der Waals surface area (Å²) >= 11 is 0. The highest BCUT2D eigenvalue weighted by Crippen LogP contribution is 2.25. The lowest BCUT2D eigenvalue weighted by Crippen LogP contribution is -2.25. The zero-order chi connectivity index (χ0) is 11.5. The van der Waals surface area contributed by atoms with E-state index in [9.17, 15) is 9.90 Å². The van der Waals surface area contributed by atoms with Crippen molar-refractivity contribution in [3.05, 3.63) is 29.8 Å². The van der Waals surface area contributed by atoms with E-state index in [4.69, 9.17) is 4.74 Å². The van der Waals surface area contributed by atoms with Crippen molar-refractivity contribution in [2.45, 2.75) is 38.4 Å². The molecular formula is C13H16O3. The molecule has 86 valence electrons. The standard InChI is InChI=1S/C13H16O3/c1-9(14)10-4-2-5-11(8-10)16-13-7-3-6-12(13)15/h2,4-5,8,12-13,15H,3,6-7H2,1H3/t12-,13-/m0/s1. The van der Waals surface area contributed by atoms with Crippen molar-refractivity contribution in [3.63, 3.8) is 0 Å². The number of benzene rings is 1. The monoisotopic (exact) mass is 220 g/mol. The summed E-state index contributed by atoms with van der Waals surface area (Å²) in [5.74, 6) is 0.691. The fourth-order valence-electron chi connectivity index (χ4n) is 2.01. The molecule has 0 spiro atoms. The van der Waals surface area contributed by atoms with Gasteiger partial charge in [-0.2, -0.15) is 0 Å². The summed E-state index contributed by atoms with van der Waals surface area (Å²) in [6, 6.07) is 7.11. The molecule has 1 N–H and O–H groups in total. The summed E-state index contributed by atoms with van der Waals surface area (Å²) in [6.45, 7) is 1.53. The Bertz CT molecular complexity index is 387. The van der Waals surface area contributed by atoms with Gasteiger partial charge in [-0.25, -0.2) is 0 Å². The lowest BCUT2D eigenvalue weighted by Gasteiger charge is -2.17. The quantitative estimate of drug-likeness (QED) is 0.794. The van der Waals surface area contributed by atoms with E-state index in [0.29, 0.717) is 11.3 Å². The normalized spacial score (nSPS) is 24.4. The summed E-state index contributed by atoms with van der Waals surface area (Å²) in [5.41, 5.74) is 0.644. The minimum atomic E-state index is -0.374. The van der Waals surface area contributed by atoms with Gasteiger partial charge >= 0.3 is 0 Å². The van der Waals surface area contributed by atoms with Crippen molar-refractivity contribution >= 4 is 5.78 Å². The van der Waals surface area contributed by atoms with Crippen LogP contribution in [0.15, 0.2) is 24.3 Å². The Labute approximate surface area is 95.0 Å². The van der Waals surface area contributed by atoms with Crippen LogP contribution in [0.4, 0.5) is 0 Å². The lowest BCUT2D eigenvalue weighted by molar-refractivity contribution is 0.0603. The third-order valence-corrected chi connectivity index (χ3v) is 2.95. The largest absolute Gasteiger partial charge is 0.488 e. The maximum atomic E-state index is 11.2. The number of carbonyl (C=O) groups excluding carboxylic acids is 1. The highest BCUT2D eigenvalue weighted by atomic mass is 16.5. The molecule has 1 saturated carbocycles. The van der Waals surface area contributed by atoms with Crippen LogP contribution in [-0.2, 0) is 0 Å². The number of hydrogen-bond acceptors (Lipinski definition) is 3. The topological polar surface area (TPSA) is 46.5 Å². The van der Waals surface area contributed by atoms with Crippen molar-refractivity contribution in [1.82, 2.24) is 0 Å². The van der Waals surface area contributed by atoms with Crippen molar-refractivity contribution in [1.29, 1.82) is 0 Å². The molecule has 0 radical (unpaired) electrons. The first-order valence-electron chi connectivity index (χ1n) is 5.62. The lowest BCUT2D eigenvalue weighted by atomic mass is 10.1. The van der Waals surface area contributed by atoms with Crippen LogP contribution in [0, 0.1) is 0 Å². The second kappa shape index (κ2) is 4.66. The van der Waals surface area contributed by atoms with Gasteiger partial charge in [-0.3, -0.25) is 4.79 Å². The summed E-state index contributed by atoms with van der Waals surface area (Å²) in [6.07, 6.45) is 2.18. The number of Topliss-reactive ketones (excluding diaryl/α,β-unsaturated/α-hetero) is 1. The molecule has 0 bridgehead atoms. The maximum Gasteiger partial charge on any atom is 0.159 e. The van der Waals surface area contributed by atoms with Crippen molar-refractivity contribution < 1.29 is 14.6 Å². The average molecular weight is 220 g/mol. The molecule has 1 fully saturated rings. The van der Waals surface area contributed by atoms with Gasteiger partial charge in [0.2, 0.25) is 0 Å². The molecule has 0 unspecified atom stereocenters. The van der Waals surface area contributed by atoms with Gasteiger partial charge in [-0.15, -0.1) is 0 Å². The predicted octanol–water partition coefficient (Wildman–Crippen LogP) is 2.18. The third kappa shape index (κ3) is 2.42. The summed E-state index contributed by atoms with van der Waals surface area (Å²) in [7, 11) is 0.